The molecule has 0 saturated heterocycles. The molecule has 0 aromatic heterocycles. The van der Waals surface area contributed by atoms with Crippen molar-refractivity contribution in [3.63, 3.8) is 0 Å². The number of hydrogen-bond acceptors (Lipinski definition) is 0. The highest BCUT2D eigenvalue weighted by Crippen LogP contribution is 2.21. The molecule has 1 aromatic carbocycles. The third-order valence-corrected chi connectivity index (χ3v) is 3.33. The van der Waals surface area contributed by atoms with E-state index < -0.39 is 11.6 Å². The van der Waals surface area contributed by atoms with Crippen LogP contribution in [0, 0.1) is 31.4 Å². The number of benzene rings is 1. The molecule has 0 aliphatic heterocycles. The Hall–Kier alpha value is -1.18. The predicted molar refractivity (Wildman–Crippen MR) is 72.6 cm³/mol. The summed E-state index contributed by atoms with van der Waals surface area (Å²) in [5, 5.41) is 0. The molecular weight excluding hydrogens is 230 g/mol. The molecule has 0 nitrogen and oxygen atoms in total. The lowest BCUT2D eigenvalue weighted by atomic mass is 9.92. The second-order valence-corrected chi connectivity index (χ2v) is 5.28. The maximum absolute atomic E-state index is 12.6. The van der Waals surface area contributed by atoms with Gasteiger partial charge >= 0.3 is 0 Å². The highest BCUT2D eigenvalue weighted by Gasteiger charge is 2.05. The van der Waals surface area contributed by atoms with Crippen LogP contribution in [0.5, 0.6) is 0 Å². The third-order valence-electron chi connectivity index (χ3n) is 3.33. The zero-order chi connectivity index (χ0) is 13.7. The van der Waals surface area contributed by atoms with Crippen LogP contribution in [0.25, 0.3) is 0 Å². The van der Waals surface area contributed by atoms with Gasteiger partial charge in [-0.15, -0.1) is 0 Å². The van der Waals surface area contributed by atoms with E-state index in [0.717, 1.165) is 5.92 Å². The van der Waals surface area contributed by atoms with Crippen molar-refractivity contribution < 1.29 is 8.78 Å². The Morgan fingerprint density at radius 3 is 2.00 bits per heavy atom. The maximum atomic E-state index is 12.6. The standard InChI is InChI=1S/C8H8F2.C8H14/c1-5-3-7(9)6(2)8(10)4-5;1-7-3-5-8(2)6-4-7/h3-4H,1-2H3;3,8H,4-6H2,1-2H3. The second-order valence-electron chi connectivity index (χ2n) is 5.28. The van der Waals surface area contributed by atoms with Crippen LogP contribution in [0.1, 0.15) is 44.2 Å². The van der Waals surface area contributed by atoms with Gasteiger partial charge in [0.05, 0.1) is 0 Å². The van der Waals surface area contributed by atoms with E-state index in [1.165, 1.54) is 38.3 Å². The van der Waals surface area contributed by atoms with Gasteiger partial charge < -0.3 is 0 Å². The quantitative estimate of drug-likeness (QED) is 0.547. The highest BCUT2D eigenvalue weighted by atomic mass is 19.1. The number of allylic oxidation sites excluding steroid dienone is 2. The SMILES string of the molecule is CC1=CCC(C)CC1.Cc1cc(F)c(C)c(F)c1. The molecule has 2 heteroatoms. The molecule has 18 heavy (non-hydrogen) atoms. The molecule has 0 N–H and O–H groups in total. The van der Waals surface area contributed by atoms with Gasteiger partial charge in [-0.25, -0.2) is 8.78 Å². The average Bonchev–Trinajstić information content (AvgIpc) is 2.31. The van der Waals surface area contributed by atoms with Crippen molar-refractivity contribution in [2.45, 2.75) is 47.0 Å². The number of aryl methyl sites for hydroxylation is 1. The summed E-state index contributed by atoms with van der Waals surface area (Å²) >= 11 is 0. The molecule has 0 heterocycles. The van der Waals surface area contributed by atoms with Crippen LogP contribution in [0.3, 0.4) is 0 Å². The van der Waals surface area contributed by atoms with Gasteiger partial charge in [0, 0.05) is 5.56 Å². The second kappa shape index (κ2) is 6.67. The van der Waals surface area contributed by atoms with Crippen molar-refractivity contribution in [2.75, 3.05) is 0 Å². The molecule has 0 saturated carbocycles. The number of hydrogen-bond donors (Lipinski definition) is 0. The molecule has 1 aliphatic rings. The molecule has 1 aromatic rings. The van der Waals surface area contributed by atoms with E-state index in [1.54, 1.807) is 12.5 Å². The largest absolute Gasteiger partial charge is 0.207 e. The van der Waals surface area contributed by atoms with E-state index in [4.69, 9.17) is 0 Å². The van der Waals surface area contributed by atoms with Gasteiger partial charge in [-0.3, -0.25) is 0 Å². The first kappa shape index (κ1) is 14.9. The van der Waals surface area contributed by atoms with Crippen LogP contribution in [0.4, 0.5) is 8.78 Å². The lowest BCUT2D eigenvalue weighted by Crippen LogP contribution is -1.98. The summed E-state index contributed by atoms with van der Waals surface area (Å²) in [6, 6.07) is 2.64. The van der Waals surface area contributed by atoms with Crippen molar-refractivity contribution in [3.05, 3.63) is 46.5 Å². The van der Waals surface area contributed by atoms with Gasteiger partial charge in [-0.2, -0.15) is 0 Å². The highest BCUT2D eigenvalue weighted by molar-refractivity contribution is 5.23. The van der Waals surface area contributed by atoms with E-state index in [-0.39, 0.29) is 5.56 Å². The monoisotopic (exact) mass is 252 g/mol. The topological polar surface area (TPSA) is 0 Å². The van der Waals surface area contributed by atoms with Crippen molar-refractivity contribution >= 4 is 0 Å². The van der Waals surface area contributed by atoms with Crippen LogP contribution in [-0.2, 0) is 0 Å². The van der Waals surface area contributed by atoms with Gasteiger partial charge in [0.1, 0.15) is 11.6 Å². The average molecular weight is 252 g/mol. The fraction of sp³-hybridized carbons (Fsp3) is 0.500. The van der Waals surface area contributed by atoms with E-state index in [1.807, 2.05) is 0 Å². The Balaban J connectivity index is 0.000000184. The molecule has 1 unspecified atom stereocenters. The van der Waals surface area contributed by atoms with E-state index >= 15 is 0 Å². The van der Waals surface area contributed by atoms with Gasteiger partial charge in [-0.05, 0) is 63.6 Å². The molecule has 0 bridgehead atoms. The number of rotatable bonds is 0. The molecular formula is C16H22F2. The van der Waals surface area contributed by atoms with Crippen LogP contribution in [0.15, 0.2) is 23.8 Å². The summed E-state index contributed by atoms with van der Waals surface area (Å²) in [6.45, 7) is 7.63. The fourth-order valence-corrected chi connectivity index (χ4v) is 1.87. The fourth-order valence-electron chi connectivity index (χ4n) is 1.87. The summed E-state index contributed by atoms with van der Waals surface area (Å²) in [5.41, 5.74) is 2.29. The minimum absolute atomic E-state index is 0.0885. The van der Waals surface area contributed by atoms with Crippen LogP contribution >= 0.6 is 0 Å². The lowest BCUT2D eigenvalue weighted by Gasteiger charge is -2.14. The van der Waals surface area contributed by atoms with Crippen molar-refractivity contribution in [3.8, 4) is 0 Å². The summed E-state index contributed by atoms with van der Waals surface area (Å²) in [7, 11) is 0. The predicted octanol–water partition coefficient (Wildman–Crippen LogP) is 5.33. The molecule has 0 amide bonds. The first-order chi connectivity index (χ1) is 8.40. The first-order valence-corrected chi connectivity index (χ1v) is 6.48. The maximum Gasteiger partial charge on any atom is 0.129 e. The molecule has 0 spiro atoms. The van der Waals surface area contributed by atoms with Gasteiger partial charge in [0.15, 0.2) is 0 Å². The third kappa shape index (κ3) is 4.59. The van der Waals surface area contributed by atoms with E-state index in [0.29, 0.717) is 5.56 Å². The molecule has 1 aliphatic carbocycles. The van der Waals surface area contributed by atoms with Crippen LogP contribution in [-0.4, -0.2) is 0 Å². The van der Waals surface area contributed by atoms with Crippen LogP contribution < -0.4 is 0 Å². The smallest absolute Gasteiger partial charge is 0.129 e. The van der Waals surface area contributed by atoms with Gasteiger partial charge in [0.2, 0.25) is 0 Å². The van der Waals surface area contributed by atoms with Crippen LogP contribution in [0.2, 0.25) is 0 Å². The lowest BCUT2D eigenvalue weighted by molar-refractivity contribution is 0.514. The first-order valence-electron chi connectivity index (χ1n) is 6.48. The normalized spacial score (nSPS) is 18.8. The Kier molecular flexibility index (Phi) is 5.52. The molecule has 1 atom stereocenters. The zero-order valence-corrected chi connectivity index (χ0v) is 11.7. The summed E-state index contributed by atoms with van der Waals surface area (Å²) in [4.78, 5) is 0. The molecule has 100 valence electrons. The minimum Gasteiger partial charge on any atom is -0.207 e. The molecule has 0 radical (unpaired) electrons. The minimum atomic E-state index is -0.475. The summed E-state index contributed by atoms with van der Waals surface area (Å²) < 4.78 is 25.2. The van der Waals surface area contributed by atoms with Gasteiger partial charge in [0.25, 0.3) is 0 Å². The summed E-state index contributed by atoms with van der Waals surface area (Å²) in [5.74, 6) is -0.00583. The Bertz CT molecular complexity index is 410. The van der Waals surface area contributed by atoms with E-state index in [9.17, 15) is 8.78 Å². The van der Waals surface area contributed by atoms with E-state index in [2.05, 4.69) is 19.9 Å². The van der Waals surface area contributed by atoms with Crippen molar-refractivity contribution in [2.24, 2.45) is 5.92 Å². The summed E-state index contributed by atoms with van der Waals surface area (Å²) in [6.07, 6.45) is 6.42. The molecule has 0 fully saturated rings. The van der Waals surface area contributed by atoms with Crippen molar-refractivity contribution in [1.82, 2.24) is 0 Å². The van der Waals surface area contributed by atoms with Gasteiger partial charge in [-0.1, -0.05) is 18.6 Å². The number of halogens is 2. The Morgan fingerprint density at radius 2 is 1.61 bits per heavy atom. The molecule has 2 rings (SSSR count). The Labute approximate surface area is 109 Å². The Morgan fingerprint density at radius 1 is 1.06 bits per heavy atom. The zero-order valence-electron chi connectivity index (χ0n) is 11.7. The van der Waals surface area contributed by atoms with Crippen molar-refractivity contribution in [1.29, 1.82) is 0 Å².